The van der Waals surface area contributed by atoms with Crippen LogP contribution in [0.5, 0.6) is 0 Å². The highest BCUT2D eigenvalue weighted by Gasteiger charge is 2.09. The van der Waals surface area contributed by atoms with Crippen LogP contribution in [0.4, 0.5) is 0 Å². The first kappa shape index (κ1) is 10.4. The fourth-order valence-electron chi connectivity index (χ4n) is 1.20. The van der Waals surface area contributed by atoms with Gasteiger partial charge in [-0.15, -0.1) is 11.3 Å². The lowest BCUT2D eigenvalue weighted by molar-refractivity contribution is 0.0702. The van der Waals surface area contributed by atoms with Crippen molar-refractivity contribution in [3.63, 3.8) is 0 Å². The predicted molar refractivity (Wildman–Crippen MR) is 58.0 cm³/mol. The number of H-pyrrole nitrogens is 2. The van der Waals surface area contributed by atoms with E-state index < -0.39 is 17.2 Å². The summed E-state index contributed by atoms with van der Waals surface area (Å²) in [6.07, 6.45) is 0. The van der Waals surface area contributed by atoms with E-state index in [9.17, 15) is 14.4 Å². The largest absolute Gasteiger partial charge is 0.477 e. The first-order valence-electron chi connectivity index (χ1n) is 4.23. The molecule has 3 N–H and O–H groups in total. The van der Waals surface area contributed by atoms with Gasteiger partial charge in [0.05, 0.1) is 10.6 Å². The van der Waals surface area contributed by atoms with E-state index in [4.69, 9.17) is 5.11 Å². The SMILES string of the molecule is O=C(O)c1ccc(-c2cc(=O)[nH]c(=O)[nH]2)s1. The topological polar surface area (TPSA) is 103 Å². The maximum atomic E-state index is 11.0. The van der Waals surface area contributed by atoms with Crippen LogP contribution in [0, 0.1) is 0 Å². The minimum absolute atomic E-state index is 0.149. The van der Waals surface area contributed by atoms with Gasteiger partial charge in [-0.25, -0.2) is 9.59 Å². The highest BCUT2D eigenvalue weighted by molar-refractivity contribution is 7.17. The van der Waals surface area contributed by atoms with Crippen LogP contribution in [0.1, 0.15) is 9.67 Å². The number of carboxylic acid groups (broad SMARTS) is 1. The Labute approximate surface area is 92.2 Å². The quantitative estimate of drug-likeness (QED) is 0.708. The van der Waals surface area contributed by atoms with E-state index in [1.54, 1.807) is 6.07 Å². The number of carboxylic acids is 1. The summed E-state index contributed by atoms with van der Waals surface area (Å²) in [6, 6.07) is 4.17. The predicted octanol–water partition coefficient (Wildman–Crippen LogP) is 0.490. The molecule has 0 unspecified atom stereocenters. The first-order chi connectivity index (χ1) is 7.56. The van der Waals surface area contributed by atoms with Crippen molar-refractivity contribution in [2.45, 2.75) is 0 Å². The average molecular weight is 238 g/mol. The van der Waals surface area contributed by atoms with Crippen LogP contribution in [-0.2, 0) is 0 Å². The Morgan fingerprint density at radius 2 is 2.00 bits per heavy atom. The van der Waals surface area contributed by atoms with Crippen molar-refractivity contribution in [2.24, 2.45) is 0 Å². The van der Waals surface area contributed by atoms with Crippen molar-refractivity contribution in [3.8, 4) is 10.6 Å². The summed E-state index contributed by atoms with van der Waals surface area (Å²) in [5, 5.41) is 8.72. The number of rotatable bonds is 2. The Morgan fingerprint density at radius 3 is 2.56 bits per heavy atom. The number of aromatic carboxylic acids is 1. The van der Waals surface area contributed by atoms with Crippen LogP contribution >= 0.6 is 11.3 Å². The Morgan fingerprint density at radius 1 is 1.25 bits per heavy atom. The Hall–Kier alpha value is -2.15. The normalized spacial score (nSPS) is 10.2. The summed E-state index contributed by atoms with van der Waals surface area (Å²) in [5.74, 6) is -1.04. The number of thiophene rings is 1. The summed E-state index contributed by atoms with van der Waals surface area (Å²) in [5.41, 5.74) is -0.831. The van der Waals surface area contributed by atoms with E-state index >= 15 is 0 Å². The van der Waals surface area contributed by atoms with Gasteiger partial charge in [-0.2, -0.15) is 0 Å². The molecular weight excluding hydrogens is 232 g/mol. The van der Waals surface area contributed by atoms with Gasteiger partial charge in [0.25, 0.3) is 5.56 Å². The molecular formula is C9H6N2O4S. The zero-order chi connectivity index (χ0) is 11.7. The number of hydrogen-bond acceptors (Lipinski definition) is 4. The number of aromatic nitrogens is 2. The van der Waals surface area contributed by atoms with Crippen LogP contribution in [0.2, 0.25) is 0 Å². The highest BCUT2D eigenvalue weighted by Crippen LogP contribution is 2.24. The number of nitrogens with one attached hydrogen (secondary N) is 2. The summed E-state index contributed by atoms with van der Waals surface area (Å²) >= 11 is 0.989. The molecule has 0 radical (unpaired) electrons. The van der Waals surface area contributed by atoms with Gasteiger partial charge in [-0.3, -0.25) is 9.78 Å². The second kappa shape index (κ2) is 3.78. The summed E-state index contributed by atoms with van der Waals surface area (Å²) in [6.45, 7) is 0. The van der Waals surface area contributed by atoms with Gasteiger partial charge in [0.1, 0.15) is 4.88 Å². The second-order valence-corrected chi connectivity index (χ2v) is 4.05. The highest BCUT2D eigenvalue weighted by atomic mass is 32.1. The van der Waals surface area contributed by atoms with Crippen LogP contribution < -0.4 is 11.2 Å². The molecule has 0 aliphatic carbocycles. The third-order valence-electron chi connectivity index (χ3n) is 1.84. The minimum Gasteiger partial charge on any atom is -0.477 e. The third kappa shape index (κ3) is 1.94. The van der Waals surface area contributed by atoms with E-state index in [0.717, 1.165) is 11.3 Å². The molecule has 2 aromatic heterocycles. The van der Waals surface area contributed by atoms with Gasteiger partial charge in [0.15, 0.2) is 0 Å². The molecule has 2 heterocycles. The maximum absolute atomic E-state index is 11.0. The fraction of sp³-hybridized carbons (Fsp3) is 0. The molecule has 6 nitrogen and oxygen atoms in total. The maximum Gasteiger partial charge on any atom is 0.345 e. The minimum atomic E-state index is -1.04. The molecule has 0 aliphatic rings. The van der Waals surface area contributed by atoms with E-state index in [0.29, 0.717) is 10.6 Å². The summed E-state index contributed by atoms with van der Waals surface area (Å²) in [7, 11) is 0. The number of aromatic amines is 2. The van der Waals surface area contributed by atoms with Gasteiger partial charge < -0.3 is 10.1 Å². The van der Waals surface area contributed by atoms with Gasteiger partial charge in [0.2, 0.25) is 0 Å². The molecule has 0 bridgehead atoms. The van der Waals surface area contributed by atoms with Gasteiger partial charge in [-0.1, -0.05) is 0 Å². The molecule has 2 rings (SSSR count). The Kier molecular flexibility index (Phi) is 2.45. The molecule has 0 saturated carbocycles. The fourth-order valence-corrected chi connectivity index (χ4v) is 2.02. The molecule has 0 aliphatic heterocycles. The molecule has 82 valence electrons. The number of carbonyl (C=O) groups is 1. The van der Waals surface area contributed by atoms with E-state index in [-0.39, 0.29) is 4.88 Å². The first-order valence-corrected chi connectivity index (χ1v) is 5.05. The molecule has 16 heavy (non-hydrogen) atoms. The van der Waals surface area contributed by atoms with Crippen LogP contribution in [0.25, 0.3) is 10.6 Å². The van der Waals surface area contributed by atoms with Crippen molar-refractivity contribution in [1.82, 2.24) is 9.97 Å². The van der Waals surface area contributed by atoms with Crippen molar-refractivity contribution in [1.29, 1.82) is 0 Å². The van der Waals surface area contributed by atoms with Crippen molar-refractivity contribution in [2.75, 3.05) is 0 Å². The van der Waals surface area contributed by atoms with Crippen LogP contribution in [0.15, 0.2) is 27.8 Å². The zero-order valence-corrected chi connectivity index (χ0v) is 8.63. The molecule has 0 fully saturated rings. The standard InChI is InChI=1S/C9H6N2O4S/c12-7-3-4(10-9(15)11-7)5-1-2-6(16-5)8(13)14/h1-3H,(H,13,14)(H2,10,11,12,15). The summed E-state index contributed by atoms with van der Waals surface area (Å²) < 4.78 is 0. The molecule has 0 atom stereocenters. The lowest BCUT2D eigenvalue weighted by Gasteiger charge is -1.94. The van der Waals surface area contributed by atoms with E-state index in [1.807, 2.05) is 4.98 Å². The van der Waals surface area contributed by atoms with Crippen LogP contribution in [-0.4, -0.2) is 21.0 Å². The monoisotopic (exact) mass is 238 g/mol. The lowest BCUT2D eigenvalue weighted by atomic mass is 10.3. The smallest absolute Gasteiger partial charge is 0.345 e. The molecule has 0 amide bonds. The van der Waals surface area contributed by atoms with Gasteiger partial charge >= 0.3 is 11.7 Å². The molecule has 7 heteroatoms. The van der Waals surface area contributed by atoms with Crippen LogP contribution in [0.3, 0.4) is 0 Å². The Bertz CT molecular complexity index is 624. The lowest BCUT2D eigenvalue weighted by Crippen LogP contribution is -2.21. The molecule has 2 aromatic rings. The van der Waals surface area contributed by atoms with Gasteiger partial charge in [-0.05, 0) is 12.1 Å². The van der Waals surface area contributed by atoms with Crippen molar-refractivity contribution >= 4 is 17.3 Å². The Balaban J connectivity index is 2.54. The second-order valence-electron chi connectivity index (χ2n) is 2.97. The average Bonchev–Trinajstić information content (AvgIpc) is 2.64. The number of hydrogen-bond donors (Lipinski definition) is 3. The molecule has 0 aromatic carbocycles. The van der Waals surface area contributed by atoms with Gasteiger partial charge in [0, 0.05) is 6.07 Å². The molecule has 0 saturated heterocycles. The summed E-state index contributed by atoms with van der Waals surface area (Å²) in [4.78, 5) is 37.8. The zero-order valence-electron chi connectivity index (χ0n) is 7.81. The third-order valence-corrected chi connectivity index (χ3v) is 2.95. The van der Waals surface area contributed by atoms with E-state index in [2.05, 4.69) is 4.98 Å². The van der Waals surface area contributed by atoms with E-state index in [1.165, 1.54) is 12.1 Å². The van der Waals surface area contributed by atoms with Crippen molar-refractivity contribution < 1.29 is 9.90 Å². The van der Waals surface area contributed by atoms with Crippen molar-refractivity contribution in [3.05, 3.63) is 43.9 Å². The molecule has 0 spiro atoms.